The van der Waals surface area contributed by atoms with Gasteiger partial charge in [-0.05, 0) is 55.0 Å². The highest BCUT2D eigenvalue weighted by atomic mass is 35.5. The largest absolute Gasteiger partial charge is 0.481 e. The molecule has 2 unspecified atom stereocenters. The van der Waals surface area contributed by atoms with Crippen molar-refractivity contribution in [2.45, 2.75) is 33.6 Å². The molecule has 0 aliphatic heterocycles. The Hall–Kier alpha value is -2.66. The first-order valence-electron chi connectivity index (χ1n) is 9.58. The third-order valence-electron chi connectivity index (χ3n) is 6.40. The third kappa shape index (κ3) is 4.06. The van der Waals surface area contributed by atoms with Gasteiger partial charge in [-0.2, -0.15) is 0 Å². The smallest absolute Gasteiger partial charge is 0.309 e. The van der Waals surface area contributed by atoms with Crippen LogP contribution in [0.15, 0.2) is 53.5 Å². The number of nitrogens with zero attached hydrogens (tertiary/aromatic N) is 1. The van der Waals surface area contributed by atoms with E-state index in [2.05, 4.69) is 10.3 Å². The van der Waals surface area contributed by atoms with E-state index in [1.54, 1.807) is 31.3 Å². The summed E-state index contributed by atoms with van der Waals surface area (Å²) < 4.78 is 0. The van der Waals surface area contributed by atoms with Crippen LogP contribution in [0.4, 0.5) is 11.4 Å². The Bertz CT molecular complexity index is 953. The number of para-hydroxylation sites is 2. The zero-order valence-corrected chi connectivity index (χ0v) is 17.5. The lowest BCUT2D eigenvalue weighted by atomic mass is 9.65. The van der Waals surface area contributed by atoms with Crippen LogP contribution < -0.4 is 5.32 Å². The van der Waals surface area contributed by atoms with Crippen molar-refractivity contribution < 1.29 is 14.7 Å². The lowest BCUT2D eigenvalue weighted by Gasteiger charge is -2.37. The van der Waals surface area contributed by atoms with Crippen molar-refractivity contribution in [1.82, 2.24) is 0 Å². The summed E-state index contributed by atoms with van der Waals surface area (Å²) in [5.41, 5.74) is 0.533. The summed E-state index contributed by atoms with van der Waals surface area (Å²) in [7, 11) is 0. The van der Waals surface area contributed by atoms with Crippen molar-refractivity contribution in [3.8, 4) is 0 Å². The molecule has 1 amide bonds. The van der Waals surface area contributed by atoms with Crippen molar-refractivity contribution >= 4 is 41.1 Å². The van der Waals surface area contributed by atoms with Gasteiger partial charge in [-0.25, -0.2) is 0 Å². The van der Waals surface area contributed by atoms with Crippen LogP contribution in [0.5, 0.6) is 0 Å². The fraction of sp³-hybridized carbons (Fsp3) is 0.348. The number of carbonyl (C=O) groups excluding carboxylic acids is 1. The molecular formula is C23H25ClN2O3. The minimum atomic E-state index is -0.929. The van der Waals surface area contributed by atoms with Gasteiger partial charge in [-0.1, -0.05) is 49.7 Å². The van der Waals surface area contributed by atoms with E-state index in [0.29, 0.717) is 29.2 Å². The molecule has 6 heteroatoms. The molecule has 2 atom stereocenters. The highest BCUT2D eigenvalue weighted by molar-refractivity contribution is 6.30. The predicted molar refractivity (Wildman–Crippen MR) is 116 cm³/mol. The van der Waals surface area contributed by atoms with E-state index >= 15 is 0 Å². The minimum absolute atomic E-state index is 0.172. The number of aliphatic carboxylic acids is 1. The van der Waals surface area contributed by atoms with Crippen LogP contribution in [0, 0.1) is 16.7 Å². The van der Waals surface area contributed by atoms with Crippen molar-refractivity contribution in [3.05, 3.63) is 59.1 Å². The number of carbonyl (C=O) groups is 2. The van der Waals surface area contributed by atoms with E-state index in [1.807, 2.05) is 44.2 Å². The summed E-state index contributed by atoms with van der Waals surface area (Å²) in [5, 5.41) is 13.3. The number of carboxylic acids is 1. The molecule has 152 valence electrons. The molecule has 0 heterocycles. The molecule has 2 aromatic carbocycles. The molecule has 2 N–H and O–H groups in total. The molecule has 0 radical (unpaired) electrons. The third-order valence-corrected chi connectivity index (χ3v) is 6.65. The zero-order valence-electron chi connectivity index (χ0n) is 16.8. The molecule has 0 saturated heterocycles. The summed E-state index contributed by atoms with van der Waals surface area (Å²) in [6.07, 6.45) is 2.73. The van der Waals surface area contributed by atoms with Crippen LogP contribution in [0.1, 0.15) is 39.2 Å². The molecule has 1 aliphatic carbocycles. The summed E-state index contributed by atoms with van der Waals surface area (Å²) >= 11 is 5.91. The SMILES string of the molecule is CC1(C(=O)O)CCC(C(=O)Nc2ccccc2N=Cc2ccc(Cl)cc2)C1(C)C. The van der Waals surface area contributed by atoms with Gasteiger partial charge in [0.2, 0.25) is 5.91 Å². The molecule has 3 rings (SSSR count). The first kappa shape index (κ1) is 21.1. The number of nitrogens with one attached hydrogen (secondary N) is 1. The Kier molecular flexibility index (Phi) is 5.80. The van der Waals surface area contributed by atoms with E-state index in [9.17, 15) is 14.7 Å². The number of benzene rings is 2. The molecule has 5 nitrogen and oxygen atoms in total. The second-order valence-corrected chi connectivity index (χ2v) is 8.70. The average Bonchev–Trinajstić information content (AvgIpc) is 2.93. The summed E-state index contributed by atoms with van der Waals surface area (Å²) in [5.74, 6) is -1.42. The first-order valence-corrected chi connectivity index (χ1v) is 9.96. The van der Waals surface area contributed by atoms with Gasteiger partial charge in [0.25, 0.3) is 0 Å². The fourth-order valence-corrected chi connectivity index (χ4v) is 4.07. The monoisotopic (exact) mass is 412 g/mol. The van der Waals surface area contributed by atoms with Gasteiger partial charge in [0.15, 0.2) is 0 Å². The Balaban J connectivity index is 1.80. The van der Waals surface area contributed by atoms with Crippen molar-refractivity contribution in [3.63, 3.8) is 0 Å². The van der Waals surface area contributed by atoms with Crippen LogP contribution in [0.3, 0.4) is 0 Å². The number of rotatable bonds is 5. The van der Waals surface area contributed by atoms with E-state index in [0.717, 1.165) is 5.56 Å². The summed E-state index contributed by atoms with van der Waals surface area (Å²) in [4.78, 5) is 29.3. The highest BCUT2D eigenvalue weighted by Crippen LogP contribution is 2.56. The fourth-order valence-electron chi connectivity index (χ4n) is 3.95. The topological polar surface area (TPSA) is 78.8 Å². The van der Waals surface area contributed by atoms with Gasteiger partial charge in [0.05, 0.1) is 16.8 Å². The Morgan fingerprint density at radius 1 is 1.14 bits per heavy atom. The lowest BCUT2D eigenvalue weighted by molar-refractivity contribution is -0.154. The Labute approximate surface area is 175 Å². The van der Waals surface area contributed by atoms with Gasteiger partial charge in [0, 0.05) is 17.2 Å². The van der Waals surface area contributed by atoms with Gasteiger partial charge in [0.1, 0.15) is 0 Å². The summed E-state index contributed by atoms with van der Waals surface area (Å²) in [6.45, 7) is 5.46. The van der Waals surface area contributed by atoms with Gasteiger partial charge in [-0.15, -0.1) is 0 Å². The molecule has 0 aromatic heterocycles. The molecular weight excluding hydrogens is 388 g/mol. The predicted octanol–water partition coefficient (Wildman–Crippen LogP) is 5.56. The van der Waals surface area contributed by atoms with Crippen LogP contribution >= 0.6 is 11.6 Å². The lowest BCUT2D eigenvalue weighted by Crippen LogP contribution is -2.43. The normalized spacial score (nSPS) is 23.2. The second-order valence-electron chi connectivity index (χ2n) is 8.27. The maximum absolute atomic E-state index is 13.0. The van der Waals surface area contributed by atoms with Crippen LogP contribution in [0.2, 0.25) is 5.02 Å². The number of amides is 1. The van der Waals surface area contributed by atoms with Crippen LogP contribution in [-0.4, -0.2) is 23.2 Å². The van der Waals surface area contributed by atoms with E-state index in [-0.39, 0.29) is 5.91 Å². The number of anilines is 1. The van der Waals surface area contributed by atoms with Gasteiger partial charge < -0.3 is 10.4 Å². The van der Waals surface area contributed by atoms with Gasteiger partial charge in [-0.3, -0.25) is 14.6 Å². The second kappa shape index (κ2) is 7.99. The summed E-state index contributed by atoms with van der Waals surface area (Å²) in [6, 6.07) is 14.6. The highest BCUT2D eigenvalue weighted by Gasteiger charge is 2.58. The van der Waals surface area contributed by atoms with E-state index in [1.165, 1.54) is 0 Å². The van der Waals surface area contributed by atoms with Crippen molar-refractivity contribution in [1.29, 1.82) is 0 Å². The quantitative estimate of drug-likeness (QED) is 0.631. The number of aliphatic imine (C=N–C) groups is 1. The first-order chi connectivity index (χ1) is 13.6. The molecule has 29 heavy (non-hydrogen) atoms. The maximum Gasteiger partial charge on any atom is 0.309 e. The number of hydrogen-bond acceptors (Lipinski definition) is 3. The number of hydrogen-bond donors (Lipinski definition) is 2. The van der Waals surface area contributed by atoms with Crippen molar-refractivity contribution in [2.75, 3.05) is 5.32 Å². The Morgan fingerprint density at radius 2 is 1.79 bits per heavy atom. The maximum atomic E-state index is 13.0. The average molecular weight is 413 g/mol. The van der Waals surface area contributed by atoms with E-state index < -0.39 is 22.7 Å². The van der Waals surface area contributed by atoms with Crippen molar-refractivity contribution in [2.24, 2.45) is 21.7 Å². The number of halogens is 1. The molecule has 1 aliphatic rings. The van der Waals surface area contributed by atoms with Crippen LogP contribution in [-0.2, 0) is 9.59 Å². The van der Waals surface area contributed by atoms with Crippen LogP contribution in [0.25, 0.3) is 0 Å². The number of carboxylic acid groups (broad SMARTS) is 1. The molecule has 2 aromatic rings. The molecule has 1 saturated carbocycles. The molecule has 0 bridgehead atoms. The zero-order chi connectivity index (χ0) is 21.2. The minimum Gasteiger partial charge on any atom is -0.481 e. The van der Waals surface area contributed by atoms with Gasteiger partial charge >= 0.3 is 5.97 Å². The van der Waals surface area contributed by atoms with E-state index in [4.69, 9.17) is 11.6 Å². The molecule has 0 spiro atoms. The standard InChI is InChI=1S/C23H25ClN2O3/c1-22(2)17(12-13-23(22,3)21(28)29)20(27)26-19-7-5-4-6-18(19)25-14-15-8-10-16(24)11-9-15/h4-11,14,17H,12-13H2,1-3H3,(H,26,27)(H,28,29). The Morgan fingerprint density at radius 3 is 2.41 bits per heavy atom. The molecule has 1 fully saturated rings.